The maximum absolute atomic E-state index is 10.2. The Hall–Kier alpha value is -1.12. The zero-order chi connectivity index (χ0) is 14.3. The van der Waals surface area contributed by atoms with Gasteiger partial charge in [0.15, 0.2) is 11.4 Å². The molecule has 0 aliphatic carbocycles. The molecule has 0 bridgehead atoms. The lowest BCUT2D eigenvalue weighted by Gasteiger charge is -2.19. The second kappa shape index (κ2) is 5.34. The van der Waals surface area contributed by atoms with Crippen LogP contribution in [0, 0.1) is 0 Å². The van der Waals surface area contributed by atoms with Crippen LogP contribution < -0.4 is 0 Å². The molecular weight excluding hydrogens is 280 g/mol. The van der Waals surface area contributed by atoms with Crippen LogP contribution in [-0.2, 0) is 4.74 Å². The third-order valence-corrected chi connectivity index (χ3v) is 4.17. The van der Waals surface area contributed by atoms with Crippen LogP contribution in [0.5, 0.6) is 0 Å². The number of aliphatic hydroxyl groups excluding tert-OH is 3. The third kappa shape index (κ3) is 2.02. The second-order valence-electron chi connectivity index (χ2n) is 4.69. The first-order valence-corrected chi connectivity index (χ1v) is 7.53. The summed E-state index contributed by atoms with van der Waals surface area (Å²) in [6.45, 7) is -0.337. The molecule has 2 aromatic rings. The van der Waals surface area contributed by atoms with Crippen LogP contribution >= 0.6 is 11.8 Å². The molecule has 2 heterocycles. The number of benzene rings is 1. The van der Waals surface area contributed by atoms with Crippen molar-refractivity contribution in [3.05, 3.63) is 24.3 Å². The highest BCUT2D eigenvalue weighted by molar-refractivity contribution is 7.98. The number of hydrogen-bond donors (Lipinski definition) is 3. The number of imidazole rings is 1. The van der Waals surface area contributed by atoms with Gasteiger partial charge in [-0.1, -0.05) is 23.9 Å². The van der Waals surface area contributed by atoms with E-state index in [1.807, 2.05) is 30.5 Å². The summed E-state index contributed by atoms with van der Waals surface area (Å²) in [5.74, 6) is 0. The van der Waals surface area contributed by atoms with Crippen molar-refractivity contribution in [1.29, 1.82) is 0 Å². The molecule has 0 spiro atoms. The highest BCUT2D eigenvalue weighted by Crippen LogP contribution is 2.35. The average Bonchev–Trinajstić information content (AvgIpc) is 2.98. The van der Waals surface area contributed by atoms with Crippen molar-refractivity contribution < 1.29 is 20.1 Å². The van der Waals surface area contributed by atoms with E-state index in [9.17, 15) is 15.3 Å². The molecule has 1 aromatic heterocycles. The smallest absolute Gasteiger partial charge is 0.170 e. The quantitative estimate of drug-likeness (QED) is 0.709. The topological polar surface area (TPSA) is 87.7 Å². The molecule has 1 aliphatic rings. The number of hydrogen-bond acceptors (Lipinski definition) is 6. The molecule has 108 valence electrons. The average molecular weight is 296 g/mol. The largest absolute Gasteiger partial charge is 0.394 e. The lowest BCUT2D eigenvalue weighted by atomic mass is 10.1. The van der Waals surface area contributed by atoms with E-state index in [4.69, 9.17) is 4.74 Å². The molecule has 1 saturated heterocycles. The van der Waals surface area contributed by atoms with Gasteiger partial charge in [-0.05, 0) is 18.4 Å². The minimum Gasteiger partial charge on any atom is -0.394 e. The minimum atomic E-state index is -1.11. The molecule has 7 heteroatoms. The fraction of sp³-hybridized carbons (Fsp3) is 0.462. The Bertz CT molecular complexity index is 617. The SMILES string of the molecule is CSc1nc2ccccc2n1[C@H]1O[C@@H](CO)[C@@H](O)[C@@H]1O. The maximum atomic E-state index is 10.2. The second-order valence-corrected chi connectivity index (χ2v) is 5.46. The van der Waals surface area contributed by atoms with Crippen molar-refractivity contribution in [3.63, 3.8) is 0 Å². The number of thioether (sulfide) groups is 1. The van der Waals surface area contributed by atoms with Crippen LogP contribution in [0.1, 0.15) is 6.23 Å². The zero-order valence-electron chi connectivity index (χ0n) is 10.9. The predicted octanol–water partition coefficient (Wildman–Crippen LogP) is 0.370. The Kier molecular flexibility index (Phi) is 3.70. The number of aromatic nitrogens is 2. The van der Waals surface area contributed by atoms with E-state index in [-0.39, 0.29) is 6.61 Å². The van der Waals surface area contributed by atoms with Crippen molar-refractivity contribution in [2.45, 2.75) is 29.7 Å². The lowest BCUT2D eigenvalue weighted by molar-refractivity contribution is -0.0545. The zero-order valence-corrected chi connectivity index (χ0v) is 11.7. The summed E-state index contributed by atoms with van der Waals surface area (Å²) in [6.07, 6.45) is -1.86. The fourth-order valence-electron chi connectivity index (χ4n) is 2.51. The van der Waals surface area contributed by atoms with Gasteiger partial charge in [0.05, 0.1) is 17.6 Å². The Morgan fingerprint density at radius 2 is 2.05 bits per heavy atom. The summed E-state index contributed by atoms with van der Waals surface area (Å²) < 4.78 is 7.36. The monoisotopic (exact) mass is 296 g/mol. The Morgan fingerprint density at radius 1 is 1.30 bits per heavy atom. The summed E-state index contributed by atoms with van der Waals surface area (Å²) in [7, 11) is 0. The van der Waals surface area contributed by atoms with E-state index in [1.54, 1.807) is 4.57 Å². The maximum Gasteiger partial charge on any atom is 0.170 e. The van der Waals surface area contributed by atoms with Gasteiger partial charge in [0.25, 0.3) is 0 Å². The van der Waals surface area contributed by atoms with Gasteiger partial charge in [-0.25, -0.2) is 4.98 Å². The van der Waals surface area contributed by atoms with Gasteiger partial charge in [-0.15, -0.1) is 0 Å². The molecule has 0 unspecified atom stereocenters. The van der Waals surface area contributed by atoms with Gasteiger partial charge in [0.1, 0.15) is 18.3 Å². The number of fused-ring (bicyclic) bond motifs is 1. The molecule has 1 aliphatic heterocycles. The summed E-state index contributed by atoms with van der Waals surface area (Å²) in [5.41, 5.74) is 1.63. The van der Waals surface area contributed by atoms with Crippen molar-refractivity contribution in [3.8, 4) is 0 Å². The Morgan fingerprint density at radius 3 is 2.70 bits per heavy atom. The minimum absolute atomic E-state index is 0.337. The van der Waals surface area contributed by atoms with Crippen LogP contribution in [0.2, 0.25) is 0 Å². The molecule has 0 radical (unpaired) electrons. The molecule has 3 rings (SSSR count). The first kappa shape index (κ1) is 13.8. The first-order chi connectivity index (χ1) is 9.67. The van der Waals surface area contributed by atoms with E-state index >= 15 is 0 Å². The standard InChI is InChI=1S/C13H16N2O4S/c1-20-13-14-7-4-2-3-5-8(7)15(13)12-11(18)10(17)9(6-16)19-12/h2-5,9-12,16-18H,6H2,1H3/t9-,10+,11-,12-/m0/s1. The van der Waals surface area contributed by atoms with Crippen molar-refractivity contribution in [2.75, 3.05) is 12.9 Å². The number of rotatable bonds is 3. The molecule has 3 N–H and O–H groups in total. The summed E-state index contributed by atoms with van der Waals surface area (Å²) in [4.78, 5) is 4.48. The summed E-state index contributed by atoms with van der Waals surface area (Å²) in [5, 5.41) is 29.9. The van der Waals surface area contributed by atoms with Crippen molar-refractivity contribution in [1.82, 2.24) is 9.55 Å². The molecular formula is C13H16N2O4S. The van der Waals surface area contributed by atoms with Gasteiger partial charge in [-0.3, -0.25) is 4.57 Å². The molecule has 20 heavy (non-hydrogen) atoms. The summed E-state index contributed by atoms with van der Waals surface area (Å²) >= 11 is 1.44. The van der Waals surface area contributed by atoms with Crippen LogP contribution in [0.3, 0.4) is 0 Å². The van der Waals surface area contributed by atoms with E-state index in [2.05, 4.69) is 4.98 Å². The van der Waals surface area contributed by atoms with E-state index < -0.39 is 24.5 Å². The van der Waals surface area contributed by atoms with Crippen LogP contribution in [0.15, 0.2) is 29.4 Å². The Labute approximate surface area is 120 Å². The van der Waals surface area contributed by atoms with Crippen molar-refractivity contribution >= 4 is 22.8 Å². The van der Waals surface area contributed by atoms with Crippen LogP contribution in [0.4, 0.5) is 0 Å². The first-order valence-electron chi connectivity index (χ1n) is 6.30. The molecule has 1 aromatic carbocycles. The number of nitrogens with zero attached hydrogens (tertiary/aromatic N) is 2. The van der Waals surface area contributed by atoms with Gasteiger partial charge in [0, 0.05) is 0 Å². The number of ether oxygens (including phenoxy) is 1. The third-order valence-electron chi connectivity index (χ3n) is 3.52. The summed E-state index contributed by atoms with van der Waals surface area (Å²) in [6, 6.07) is 7.54. The molecule has 4 atom stereocenters. The highest BCUT2D eigenvalue weighted by Gasteiger charge is 2.44. The number of aliphatic hydroxyl groups is 3. The molecule has 0 amide bonds. The molecule has 0 saturated carbocycles. The lowest BCUT2D eigenvalue weighted by Crippen LogP contribution is -2.33. The highest BCUT2D eigenvalue weighted by atomic mass is 32.2. The predicted molar refractivity (Wildman–Crippen MR) is 74.5 cm³/mol. The molecule has 6 nitrogen and oxygen atoms in total. The Balaban J connectivity index is 2.10. The van der Waals surface area contributed by atoms with Crippen molar-refractivity contribution in [2.24, 2.45) is 0 Å². The van der Waals surface area contributed by atoms with E-state index in [1.165, 1.54) is 11.8 Å². The molecule has 1 fully saturated rings. The number of para-hydroxylation sites is 2. The van der Waals surface area contributed by atoms with Crippen LogP contribution in [-0.4, -0.2) is 56.0 Å². The van der Waals surface area contributed by atoms with Gasteiger partial charge >= 0.3 is 0 Å². The van der Waals surface area contributed by atoms with Gasteiger partial charge in [0.2, 0.25) is 0 Å². The fourth-order valence-corrected chi connectivity index (χ4v) is 3.09. The van der Waals surface area contributed by atoms with Gasteiger partial charge < -0.3 is 20.1 Å². The van der Waals surface area contributed by atoms with E-state index in [0.717, 1.165) is 11.0 Å². The van der Waals surface area contributed by atoms with Gasteiger partial charge in [-0.2, -0.15) is 0 Å². The van der Waals surface area contributed by atoms with E-state index in [0.29, 0.717) is 5.16 Å². The normalized spacial score (nSPS) is 30.2. The van der Waals surface area contributed by atoms with Crippen LogP contribution in [0.25, 0.3) is 11.0 Å².